The number of nitrogens with two attached hydrogens (primary N) is 2. The van der Waals surface area contributed by atoms with E-state index in [2.05, 4.69) is 10.3 Å². The summed E-state index contributed by atoms with van der Waals surface area (Å²) in [5, 5.41) is 2.86. The summed E-state index contributed by atoms with van der Waals surface area (Å²) in [4.78, 5) is 28.0. The van der Waals surface area contributed by atoms with Gasteiger partial charge in [-0.1, -0.05) is 0 Å². The molecule has 1 aromatic rings. The first kappa shape index (κ1) is 11.2. The molecule has 7 nitrogen and oxygen atoms in total. The van der Waals surface area contributed by atoms with Gasteiger partial charge in [0.1, 0.15) is 17.7 Å². The molecule has 0 bridgehead atoms. The average Bonchev–Trinajstić information content (AvgIpc) is 2.52. The van der Waals surface area contributed by atoms with Crippen LogP contribution >= 0.6 is 0 Å². The van der Waals surface area contributed by atoms with Gasteiger partial charge in [-0.2, -0.15) is 0 Å². The first-order valence-corrected chi connectivity index (χ1v) is 5.08. The SMILES string of the molecule is CN1C(=O)CC(Nc2ccc(N)c(N)n2)C1=O. The van der Waals surface area contributed by atoms with Crippen LogP contribution < -0.4 is 16.8 Å². The molecular weight excluding hydrogens is 222 g/mol. The highest BCUT2D eigenvalue weighted by Gasteiger charge is 2.36. The largest absolute Gasteiger partial charge is 0.396 e. The number of rotatable bonds is 2. The molecule has 2 heterocycles. The molecule has 0 spiro atoms. The first-order valence-electron chi connectivity index (χ1n) is 5.08. The van der Waals surface area contributed by atoms with Crippen LogP contribution in [-0.4, -0.2) is 34.8 Å². The molecule has 17 heavy (non-hydrogen) atoms. The second-order valence-corrected chi connectivity index (χ2v) is 3.86. The van der Waals surface area contributed by atoms with Gasteiger partial charge in [0, 0.05) is 7.05 Å². The van der Waals surface area contributed by atoms with Crippen molar-refractivity contribution in [1.29, 1.82) is 0 Å². The van der Waals surface area contributed by atoms with Crippen molar-refractivity contribution in [3.05, 3.63) is 12.1 Å². The topological polar surface area (TPSA) is 114 Å². The molecule has 2 amide bonds. The maximum absolute atomic E-state index is 11.6. The molecule has 1 aliphatic rings. The highest BCUT2D eigenvalue weighted by molar-refractivity contribution is 6.06. The smallest absolute Gasteiger partial charge is 0.251 e. The van der Waals surface area contributed by atoms with E-state index in [0.29, 0.717) is 11.5 Å². The molecule has 0 radical (unpaired) electrons. The van der Waals surface area contributed by atoms with E-state index in [0.717, 1.165) is 4.90 Å². The third-order valence-electron chi connectivity index (χ3n) is 2.66. The zero-order chi connectivity index (χ0) is 12.6. The summed E-state index contributed by atoms with van der Waals surface area (Å²) in [6.45, 7) is 0. The summed E-state index contributed by atoms with van der Waals surface area (Å²) in [5.74, 6) is 0.140. The number of pyridine rings is 1. The molecule has 1 aliphatic heterocycles. The second-order valence-electron chi connectivity index (χ2n) is 3.86. The molecule has 1 aromatic heterocycles. The lowest BCUT2D eigenvalue weighted by Crippen LogP contribution is -2.32. The van der Waals surface area contributed by atoms with Gasteiger partial charge in [0.15, 0.2) is 0 Å². The number of likely N-dealkylation sites (tertiary alicyclic amines) is 1. The third kappa shape index (κ3) is 1.99. The van der Waals surface area contributed by atoms with E-state index in [1.54, 1.807) is 12.1 Å². The minimum absolute atomic E-state index is 0.126. The van der Waals surface area contributed by atoms with Crippen molar-refractivity contribution in [1.82, 2.24) is 9.88 Å². The fourth-order valence-electron chi connectivity index (χ4n) is 1.61. The van der Waals surface area contributed by atoms with E-state index < -0.39 is 6.04 Å². The Balaban J connectivity index is 2.14. The van der Waals surface area contributed by atoms with Gasteiger partial charge in [0.2, 0.25) is 5.91 Å². The summed E-state index contributed by atoms with van der Waals surface area (Å²) in [6, 6.07) is 2.63. The number of nitrogens with zero attached hydrogens (tertiary/aromatic N) is 2. The zero-order valence-corrected chi connectivity index (χ0v) is 9.30. The predicted octanol–water partition coefficient (Wildman–Crippen LogP) is -0.585. The van der Waals surface area contributed by atoms with Crippen LogP contribution in [0.3, 0.4) is 0 Å². The standard InChI is InChI=1S/C10H13N5O2/c1-15-8(16)4-6(10(15)17)13-7-3-2-5(11)9(12)14-7/h2-3,6H,4,11H2,1H3,(H3,12,13,14). The summed E-state index contributed by atoms with van der Waals surface area (Å²) in [5.41, 5.74) is 11.4. The van der Waals surface area contributed by atoms with Gasteiger partial charge in [-0.25, -0.2) is 4.98 Å². The summed E-state index contributed by atoms with van der Waals surface area (Å²) < 4.78 is 0. The number of anilines is 3. The summed E-state index contributed by atoms with van der Waals surface area (Å²) in [6.07, 6.45) is 0.126. The zero-order valence-electron chi connectivity index (χ0n) is 9.30. The summed E-state index contributed by atoms with van der Waals surface area (Å²) >= 11 is 0. The molecule has 7 heteroatoms. The van der Waals surface area contributed by atoms with Gasteiger partial charge in [0.05, 0.1) is 12.1 Å². The number of nitrogens with one attached hydrogen (secondary N) is 1. The quantitative estimate of drug-likeness (QED) is 0.590. The van der Waals surface area contributed by atoms with Gasteiger partial charge in [-0.05, 0) is 12.1 Å². The minimum atomic E-state index is -0.581. The van der Waals surface area contributed by atoms with Crippen LogP contribution in [0, 0.1) is 0 Å². The molecular formula is C10H13N5O2. The van der Waals surface area contributed by atoms with E-state index in [1.165, 1.54) is 7.05 Å². The highest BCUT2D eigenvalue weighted by Crippen LogP contribution is 2.19. The Kier molecular flexibility index (Phi) is 2.58. The van der Waals surface area contributed by atoms with Crippen LogP contribution in [0.2, 0.25) is 0 Å². The number of carbonyl (C=O) groups is 2. The lowest BCUT2D eigenvalue weighted by molar-refractivity contribution is -0.136. The molecule has 1 unspecified atom stereocenters. The molecule has 1 fully saturated rings. The molecule has 0 saturated carbocycles. The van der Waals surface area contributed by atoms with Crippen molar-refractivity contribution in [2.75, 3.05) is 23.8 Å². The fourth-order valence-corrected chi connectivity index (χ4v) is 1.61. The number of aromatic nitrogens is 1. The van der Waals surface area contributed by atoms with E-state index >= 15 is 0 Å². The van der Waals surface area contributed by atoms with Crippen molar-refractivity contribution in [2.24, 2.45) is 0 Å². The van der Waals surface area contributed by atoms with E-state index in [4.69, 9.17) is 11.5 Å². The number of hydrogen-bond acceptors (Lipinski definition) is 6. The minimum Gasteiger partial charge on any atom is -0.396 e. The Morgan fingerprint density at radius 1 is 1.41 bits per heavy atom. The maximum atomic E-state index is 11.6. The van der Waals surface area contributed by atoms with Crippen molar-refractivity contribution < 1.29 is 9.59 Å². The van der Waals surface area contributed by atoms with E-state index in [9.17, 15) is 9.59 Å². The predicted molar refractivity (Wildman–Crippen MR) is 62.9 cm³/mol. The Bertz CT molecular complexity index is 488. The van der Waals surface area contributed by atoms with Crippen LogP contribution in [-0.2, 0) is 9.59 Å². The molecule has 90 valence electrons. The number of likely N-dealkylation sites (N-methyl/N-ethyl adjacent to an activating group) is 1. The second kappa shape index (κ2) is 3.93. The Morgan fingerprint density at radius 2 is 2.12 bits per heavy atom. The number of hydrogen-bond donors (Lipinski definition) is 3. The van der Waals surface area contributed by atoms with Gasteiger partial charge in [0.25, 0.3) is 5.91 Å². The first-order chi connectivity index (χ1) is 7.99. The van der Waals surface area contributed by atoms with Crippen molar-refractivity contribution in [2.45, 2.75) is 12.5 Å². The number of imide groups is 1. The maximum Gasteiger partial charge on any atom is 0.251 e. The van der Waals surface area contributed by atoms with Crippen LogP contribution in [0.25, 0.3) is 0 Å². The van der Waals surface area contributed by atoms with Crippen LogP contribution in [0.4, 0.5) is 17.3 Å². The van der Waals surface area contributed by atoms with Crippen molar-refractivity contribution >= 4 is 29.1 Å². The molecule has 0 aromatic carbocycles. The van der Waals surface area contributed by atoms with E-state index in [1.807, 2.05) is 0 Å². The molecule has 2 rings (SSSR count). The Labute approximate surface area is 97.8 Å². The van der Waals surface area contributed by atoms with Crippen molar-refractivity contribution in [3.63, 3.8) is 0 Å². The van der Waals surface area contributed by atoms with Crippen LogP contribution in [0.5, 0.6) is 0 Å². The van der Waals surface area contributed by atoms with E-state index in [-0.39, 0.29) is 24.1 Å². The summed E-state index contributed by atoms with van der Waals surface area (Å²) in [7, 11) is 1.46. The lowest BCUT2D eigenvalue weighted by Gasteiger charge is -2.12. The number of nitrogen functional groups attached to an aromatic ring is 2. The number of carbonyl (C=O) groups excluding carboxylic acids is 2. The van der Waals surface area contributed by atoms with Gasteiger partial charge in [-0.15, -0.1) is 0 Å². The van der Waals surface area contributed by atoms with Crippen LogP contribution in [0.1, 0.15) is 6.42 Å². The van der Waals surface area contributed by atoms with Gasteiger partial charge in [-0.3, -0.25) is 14.5 Å². The highest BCUT2D eigenvalue weighted by atomic mass is 16.2. The fraction of sp³-hybridized carbons (Fsp3) is 0.300. The number of amides is 2. The third-order valence-corrected chi connectivity index (χ3v) is 2.66. The normalized spacial score (nSPS) is 19.8. The average molecular weight is 235 g/mol. The monoisotopic (exact) mass is 235 g/mol. The molecule has 0 aliphatic carbocycles. The lowest BCUT2D eigenvalue weighted by atomic mass is 10.2. The van der Waals surface area contributed by atoms with Gasteiger partial charge >= 0.3 is 0 Å². The molecule has 1 saturated heterocycles. The molecule has 5 N–H and O–H groups in total. The molecule has 1 atom stereocenters. The van der Waals surface area contributed by atoms with Crippen LogP contribution in [0.15, 0.2) is 12.1 Å². The van der Waals surface area contributed by atoms with Crippen molar-refractivity contribution in [3.8, 4) is 0 Å². The van der Waals surface area contributed by atoms with Gasteiger partial charge < -0.3 is 16.8 Å². The Hall–Kier alpha value is -2.31. The Morgan fingerprint density at radius 3 is 2.65 bits per heavy atom.